The Morgan fingerprint density at radius 2 is 1.95 bits per heavy atom. The van der Waals surface area contributed by atoms with Gasteiger partial charge in [0.25, 0.3) is 0 Å². The number of carbonyl (C=O) groups excluding carboxylic acids is 1. The van der Waals surface area contributed by atoms with Crippen molar-refractivity contribution in [3.8, 4) is 0 Å². The first-order valence-electron chi connectivity index (χ1n) is 7.87. The van der Waals surface area contributed by atoms with Crippen LogP contribution >= 0.6 is 0 Å². The molecule has 0 bridgehead atoms. The second kappa shape index (κ2) is 6.71. The molecule has 1 N–H and O–H groups in total. The molecule has 4 heteroatoms. The number of carbonyl (C=O) groups is 1. The summed E-state index contributed by atoms with van der Waals surface area (Å²) in [4.78, 5) is 16.7. The second-order valence-electron chi connectivity index (χ2n) is 6.25. The smallest absolute Gasteiger partial charge is 0.241 e. The molecule has 2 fully saturated rings. The Hall–Kier alpha value is -0.610. The van der Waals surface area contributed by atoms with Gasteiger partial charge in [0.05, 0.1) is 12.2 Å². The lowest BCUT2D eigenvalue weighted by atomic mass is 9.93. The van der Waals surface area contributed by atoms with E-state index in [1.807, 2.05) is 0 Å². The first kappa shape index (κ1) is 14.8. The van der Waals surface area contributed by atoms with Crippen LogP contribution in [0.3, 0.4) is 0 Å². The second-order valence-corrected chi connectivity index (χ2v) is 6.25. The molecular formula is C15H29N3O. The van der Waals surface area contributed by atoms with E-state index in [9.17, 15) is 4.79 Å². The molecule has 2 saturated heterocycles. The molecule has 0 aromatic heterocycles. The Labute approximate surface area is 117 Å². The van der Waals surface area contributed by atoms with Crippen LogP contribution < -0.4 is 5.32 Å². The van der Waals surface area contributed by atoms with E-state index >= 15 is 0 Å². The number of amides is 1. The molecule has 0 aromatic rings. The molecule has 1 amide bonds. The van der Waals surface area contributed by atoms with Gasteiger partial charge in [0.15, 0.2) is 0 Å². The lowest BCUT2D eigenvalue weighted by Gasteiger charge is -2.30. The van der Waals surface area contributed by atoms with Gasteiger partial charge in [0.2, 0.25) is 5.91 Å². The number of nitrogens with one attached hydrogen (secondary N) is 1. The lowest BCUT2D eigenvalue weighted by Crippen LogP contribution is -2.37. The normalized spacial score (nSPS) is 30.3. The van der Waals surface area contributed by atoms with Crippen LogP contribution in [-0.2, 0) is 4.79 Å². The molecule has 2 aliphatic rings. The van der Waals surface area contributed by atoms with Crippen molar-refractivity contribution >= 4 is 5.91 Å². The summed E-state index contributed by atoms with van der Waals surface area (Å²) in [6.07, 6.45) is 6.00. The number of hydrogen-bond donors (Lipinski definition) is 1. The molecule has 2 unspecified atom stereocenters. The Kier molecular flexibility index (Phi) is 5.22. The molecule has 0 spiro atoms. The molecule has 0 radical (unpaired) electrons. The van der Waals surface area contributed by atoms with Crippen LogP contribution in [-0.4, -0.2) is 54.6 Å². The van der Waals surface area contributed by atoms with Gasteiger partial charge in [-0.25, -0.2) is 0 Å². The maximum atomic E-state index is 12.3. The molecule has 2 rings (SSSR count). The highest BCUT2D eigenvalue weighted by Crippen LogP contribution is 2.22. The number of likely N-dealkylation sites (tertiary alicyclic amines) is 1. The van der Waals surface area contributed by atoms with Crippen molar-refractivity contribution in [2.75, 3.05) is 26.7 Å². The van der Waals surface area contributed by atoms with Crippen LogP contribution in [0.15, 0.2) is 0 Å². The Balaban J connectivity index is 1.77. The van der Waals surface area contributed by atoms with Crippen LogP contribution in [0.4, 0.5) is 0 Å². The first-order valence-corrected chi connectivity index (χ1v) is 7.87. The van der Waals surface area contributed by atoms with E-state index in [0.29, 0.717) is 5.91 Å². The third kappa shape index (κ3) is 3.69. The highest BCUT2D eigenvalue weighted by atomic mass is 16.2. The zero-order valence-corrected chi connectivity index (χ0v) is 12.7. The van der Waals surface area contributed by atoms with Crippen LogP contribution in [0.2, 0.25) is 0 Å². The van der Waals surface area contributed by atoms with Gasteiger partial charge in [0.1, 0.15) is 0 Å². The third-order valence-corrected chi connectivity index (χ3v) is 4.68. The monoisotopic (exact) mass is 267 g/mol. The van der Waals surface area contributed by atoms with E-state index < -0.39 is 0 Å². The zero-order valence-electron chi connectivity index (χ0n) is 12.7. The van der Waals surface area contributed by atoms with Crippen LogP contribution in [0, 0.1) is 5.92 Å². The molecular weight excluding hydrogens is 238 g/mol. The standard InChI is InChI=1S/C15H29N3O/c1-4-5-14-15(19)18(12(2)16-14)11-8-13-6-9-17(3)10-7-13/h12-14,16H,4-11H2,1-3H3. The van der Waals surface area contributed by atoms with Gasteiger partial charge < -0.3 is 9.80 Å². The number of nitrogens with zero attached hydrogens (tertiary/aromatic N) is 2. The topological polar surface area (TPSA) is 35.6 Å². The largest absolute Gasteiger partial charge is 0.326 e. The molecule has 0 aromatic carbocycles. The predicted octanol–water partition coefficient (Wildman–Crippen LogP) is 1.66. The summed E-state index contributed by atoms with van der Waals surface area (Å²) in [7, 11) is 2.20. The minimum absolute atomic E-state index is 0.0671. The van der Waals surface area contributed by atoms with Crippen molar-refractivity contribution < 1.29 is 4.79 Å². The van der Waals surface area contributed by atoms with Gasteiger partial charge in [-0.15, -0.1) is 0 Å². The highest BCUT2D eigenvalue weighted by molar-refractivity contribution is 5.84. The van der Waals surface area contributed by atoms with E-state index in [1.165, 1.54) is 32.4 Å². The summed E-state index contributed by atoms with van der Waals surface area (Å²) in [6.45, 7) is 7.61. The molecule has 0 saturated carbocycles. The Morgan fingerprint density at radius 3 is 2.58 bits per heavy atom. The molecule has 2 heterocycles. The number of hydrogen-bond acceptors (Lipinski definition) is 3. The fraction of sp³-hybridized carbons (Fsp3) is 0.933. The fourth-order valence-electron chi connectivity index (χ4n) is 3.32. The van der Waals surface area contributed by atoms with Gasteiger partial charge in [-0.1, -0.05) is 13.3 Å². The maximum Gasteiger partial charge on any atom is 0.241 e. The van der Waals surface area contributed by atoms with Crippen molar-refractivity contribution in [2.24, 2.45) is 5.92 Å². The summed E-state index contributed by atoms with van der Waals surface area (Å²) in [6, 6.07) is 0.0671. The molecule has 110 valence electrons. The quantitative estimate of drug-likeness (QED) is 0.823. The summed E-state index contributed by atoms with van der Waals surface area (Å²) >= 11 is 0. The van der Waals surface area contributed by atoms with Gasteiger partial charge in [-0.05, 0) is 58.7 Å². The van der Waals surface area contributed by atoms with Crippen LogP contribution in [0.25, 0.3) is 0 Å². The van der Waals surface area contributed by atoms with Crippen LogP contribution in [0.5, 0.6) is 0 Å². The van der Waals surface area contributed by atoms with Gasteiger partial charge in [-0.2, -0.15) is 0 Å². The summed E-state index contributed by atoms with van der Waals surface area (Å²) < 4.78 is 0. The first-order chi connectivity index (χ1) is 9.11. The molecule has 4 nitrogen and oxygen atoms in total. The van der Waals surface area contributed by atoms with Gasteiger partial charge in [-0.3, -0.25) is 10.1 Å². The lowest BCUT2D eigenvalue weighted by molar-refractivity contribution is -0.130. The van der Waals surface area contributed by atoms with E-state index in [2.05, 4.69) is 36.0 Å². The van der Waals surface area contributed by atoms with Crippen molar-refractivity contribution in [1.29, 1.82) is 0 Å². The van der Waals surface area contributed by atoms with Crippen molar-refractivity contribution in [3.63, 3.8) is 0 Å². The van der Waals surface area contributed by atoms with Gasteiger partial charge >= 0.3 is 0 Å². The minimum Gasteiger partial charge on any atom is -0.326 e. The number of rotatable bonds is 5. The van der Waals surface area contributed by atoms with E-state index in [4.69, 9.17) is 0 Å². The van der Waals surface area contributed by atoms with E-state index in [1.54, 1.807) is 0 Å². The average molecular weight is 267 g/mol. The molecule has 2 aliphatic heterocycles. The Bertz CT molecular complexity index is 300. The van der Waals surface area contributed by atoms with Gasteiger partial charge in [0, 0.05) is 6.54 Å². The Morgan fingerprint density at radius 1 is 1.26 bits per heavy atom. The van der Waals surface area contributed by atoms with Crippen molar-refractivity contribution in [3.05, 3.63) is 0 Å². The van der Waals surface area contributed by atoms with Crippen LogP contribution in [0.1, 0.15) is 46.0 Å². The zero-order chi connectivity index (χ0) is 13.8. The average Bonchev–Trinajstić information content (AvgIpc) is 2.65. The SMILES string of the molecule is CCCC1NC(C)N(CCC2CCN(C)CC2)C1=O. The predicted molar refractivity (Wildman–Crippen MR) is 77.8 cm³/mol. The highest BCUT2D eigenvalue weighted by Gasteiger charge is 2.35. The molecule has 0 aliphatic carbocycles. The van der Waals surface area contributed by atoms with E-state index in [-0.39, 0.29) is 12.2 Å². The van der Waals surface area contributed by atoms with Crippen molar-refractivity contribution in [1.82, 2.24) is 15.1 Å². The maximum absolute atomic E-state index is 12.3. The van der Waals surface area contributed by atoms with E-state index in [0.717, 1.165) is 25.3 Å². The summed E-state index contributed by atoms with van der Waals surface area (Å²) in [5.74, 6) is 1.13. The number of piperidine rings is 1. The fourth-order valence-corrected chi connectivity index (χ4v) is 3.32. The summed E-state index contributed by atoms with van der Waals surface area (Å²) in [5, 5.41) is 3.42. The van der Waals surface area contributed by atoms with Crippen molar-refractivity contribution in [2.45, 2.75) is 58.2 Å². The summed E-state index contributed by atoms with van der Waals surface area (Å²) in [5.41, 5.74) is 0. The minimum atomic E-state index is 0.0671. The third-order valence-electron chi connectivity index (χ3n) is 4.68. The molecule has 2 atom stereocenters. The molecule has 19 heavy (non-hydrogen) atoms.